The molecule has 1 atom stereocenters. The summed E-state index contributed by atoms with van der Waals surface area (Å²) < 4.78 is 0. The van der Waals surface area contributed by atoms with Gasteiger partial charge in [0.15, 0.2) is 0 Å². The number of rotatable bonds is 3. The van der Waals surface area contributed by atoms with Gasteiger partial charge in [-0.15, -0.1) is 0 Å². The second kappa shape index (κ2) is 7.57. The largest absolute Gasteiger partial charge is 0.370 e. The third-order valence-corrected chi connectivity index (χ3v) is 6.35. The summed E-state index contributed by atoms with van der Waals surface area (Å²) in [5, 5.41) is 0. The summed E-state index contributed by atoms with van der Waals surface area (Å²) >= 11 is 0. The van der Waals surface area contributed by atoms with Crippen LogP contribution in [0.1, 0.15) is 62.2 Å². The molecule has 1 amide bonds. The first-order chi connectivity index (χ1) is 13.9. The Labute approximate surface area is 171 Å². The smallest absolute Gasteiger partial charge is 0.248 e. The van der Waals surface area contributed by atoms with Crippen LogP contribution in [0, 0.1) is 5.92 Å². The highest BCUT2D eigenvalue weighted by molar-refractivity contribution is 6.08. The van der Waals surface area contributed by atoms with Crippen LogP contribution >= 0.6 is 0 Å². The first-order valence-electron chi connectivity index (χ1n) is 10.6. The third-order valence-electron chi connectivity index (χ3n) is 6.35. The fourth-order valence-corrected chi connectivity index (χ4v) is 5.00. The van der Waals surface area contributed by atoms with Crippen LogP contribution in [-0.2, 0) is 0 Å². The molecule has 1 saturated heterocycles. The van der Waals surface area contributed by atoms with Gasteiger partial charge in [0.05, 0.1) is 11.4 Å². The number of carbonyl (C=O) groups excluding carboxylic acids is 1. The van der Waals surface area contributed by atoms with E-state index in [9.17, 15) is 4.79 Å². The molecule has 1 aliphatic carbocycles. The Morgan fingerprint density at radius 3 is 2.59 bits per heavy atom. The molecule has 2 fully saturated rings. The van der Waals surface area contributed by atoms with E-state index in [1.165, 1.54) is 12.8 Å². The molecule has 6 N–H and O–H groups in total. The average Bonchev–Trinajstić information content (AvgIpc) is 2.67. The van der Waals surface area contributed by atoms with Crippen LogP contribution in [0.25, 0.3) is 0 Å². The minimum atomic E-state index is -0.555. The Bertz CT molecular complexity index is 857. The number of benzene rings is 1. The Kier molecular flexibility index (Phi) is 5.10. The lowest BCUT2D eigenvalue weighted by Gasteiger charge is -2.47. The van der Waals surface area contributed by atoms with Crippen molar-refractivity contribution in [2.24, 2.45) is 33.1 Å². The van der Waals surface area contributed by atoms with Crippen LogP contribution in [0.15, 0.2) is 28.2 Å². The van der Waals surface area contributed by atoms with Gasteiger partial charge in [-0.3, -0.25) is 9.69 Å². The second-order valence-electron chi connectivity index (χ2n) is 8.58. The van der Waals surface area contributed by atoms with Gasteiger partial charge in [-0.05, 0) is 62.6 Å². The average molecular weight is 398 g/mol. The van der Waals surface area contributed by atoms with Gasteiger partial charge in [0.2, 0.25) is 17.8 Å². The number of amides is 1. The van der Waals surface area contributed by atoms with E-state index in [1.807, 2.05) is 17.0 Å². The van der Waals surface area contributed by atoms with Crippen LogP contribution in [0.4, 0.5) is 11.4 Å². The fraction of sp³-hybridized carbons (Fsp3) is 0.571. The van der Waals surface area contributed by atoms with Gasteiger partial charge in [0.1, 0.15) is 5.66 Å². The van der Waals surface area contributed by atoms with Crippen molar-refractivity contribution in [1.82, 2.24) is 0 Å². The van der Waals surface area contributed by atoms with Gasteiger partial charge in [-0.1, -0.05) is 13.3 Å². The molecule has 8 heteroatoms. The number of carbonyl (C=O) groups is 1. The predicted octanol–water partition coefficient (Wildman–Crippen LogP) is 2.13. The fourth-order valence-electron chi connectivity index (χ4n) is 5.00. The van der Waals surface area contributed by atoms with Gasteiger partial charge in [0, 0.05) is 18.7 Å². The molecule has 1 spiro atoms. The number of primary amides is 1. The second-order valence-corrected chi connectivity index (χ2v) is 8.58. The molecule has 4 rings (SSSR count). The van der Waals surface area contributed by atoms with Crippen molar-refractivity contribution in [3.8, 4) is 0 Å². The van der Waals surface area contributed by atoms with E-state index < -0.39 is 11.6 Å². The van der Waals surface area contributed by atoms with Crippen molar-refractivity contribution in [3.05, 3.63) is 23.8 Å². The summed E-state index contributed by atoms with van der Waals surface area (Å²) in [6, 6.07) is 5.62. The number of nitrogens with zero attached hydrogens (tertiary/aromatic N) is 4. The standard InChI is InChI=1S/C21H31N7O/c1-14-6-5-11-27(13-14)16-8-7-15(18(22)29)12-17(16)28-20(24)25-19(23)26-21(28)9-3-2-4-10-21/h7-8,12,14H,2-6,9-11,13H2,1H3,(H2,22,29)(H4,23,24,25,26). The van der Waals surface area contributed by atoms with E-state index in [-0.39, 0.29) is 5.96 Å². The van der Waals surface area contributed by atoms with Crippen LogP contribution in [-0.4, -0.2) is 36.6 Å². The molecule has 156 valence electrons. The van der Waals surface area contributed by atoms with Gasteiger partial charge in [0.25, 0.3) is 0 Å². The summed E-state index contributed by atoms with van der Waals surface area (Å²) in [6.45, 7) is 4.21. The summed E-state index contributed by atoms with van der Waals surface area (Å²) in [6.07, 6.45) is 7.32. The topological polar surface area (TPSA) is 126 Å². The van der Waals surface area contributed by atoms with Gasteiger partial charge >= 0.3 is 0 Å². The molecule has 1 unspecified atom stereocenters. The number of nitrogens with two attached hydrogens (primary N) is 3. The molecule has 1 saturated carbocycles. The maximum atomic E-state index is 12.0. The lowest BCUT2D eigenvalue weighted by atomic mass is 9.87. The molecule has 1 aromatic carbocycles. The first kappa shape index (κ1) is 19.5. The summed E-state index contributed by atoms with van der Waals surface area (Å²) in [5.41, 5.74) is 19.9. The first-order valence-corrected chi connectivity index (χ1v) is 10.6. The molecular weight excluding hydrogens is 366 g/mol. The number of aliphatic imine (C=N–C) groups is 2. The number of anilines is 2. The quantitative estimate of drug-likeness (QED) is 0.720. The van der Waals surface area contributed by atoms with E-state index in [0.29, 0.717) is 17.4 Å². The normalized spacial score (nSPS) is 24.2. The maximum absolute atomic E-state index is 12.0. The molecule has 29 heavy (non-hydrogen) atoms. The van der Waals surface area contributed by atoms with Gasteiger partial charge in [-0.25, -0.2) is 4.99 Å². The Morgan fingerprint density at radius 1 is 1.14 bits per heavy atom. The van der Waals surface area contributed by atoms with Crippen LogP contribution in [0.2, 0.25) is 0 Å². The molecule has 2 heterocycles. The highest BCUT2D eigenvalue weighted by Crippen LogP contribution is 2.43. The highest BCUT2D eigenvalue weighted by atomic mass is 16.1. The van der Waals surface area contributed by atoms with Gasteiger partial charge < -0.3 is 22.1 Å². The van der Waals surface area contributed by atoms with E-state index in [4.69, 9.17) is 22.2 Å². The third kappa shape index (κ3) is 3.63. The van der Waals surface area contributed by atoms with E-state index >= 15 is 0 Å². The van der Waals surface area contributed by atoms with E-state index in [1.54, 1.807) is 6.07 Å². The molecule has 1 aromatic rings. The SMILES string of the molecule is CC1CCCN(c2ccc(C(N)=O)cc2N2C(N)=NC(N)=NC23CCCCC3)C1. The highest BCUT2D eigenvalue weighted by Gasteiger charge is 2.44. The molecule has 0 aromatic heterocycles. The summed E-state index contributed by atoms with van der Waals surface area (Å²) in [5.74, 6) is 0.697. The lowest BCUT2D eigenvalue weighted by Crippen LogP contribution is -2.58. The zero-order chi connectivity index (χ0) is 20.6. The van der Waals surface area contributed by atoms with Crippen LogP contribution in [0.3, 0.4) is 0 Å². The lowest BCUT2D eigenvalue weighted by molar-refractivity contribution is 0.1000. The maximum Gasteiger partial charge on any atom is 0.248 e. The Hall–Kier alpha value is -2.77. The number of piperidine rings is 1. The predicted molar refractivity (Wildman–Crippen MR) is 117 cm³/mol. The molecule has 0 bridgehead atoms. The summed E-state index contributed by atoms with van der Waals surface area (Å²) in [4.78, 5) is 25.4. The molecule has 3 aliphatic rings. The van der Waals surface area contributed by atoms with Crippen molar-refractivity contribution in [2.45, 2.75) is 57.5 Å². The zero-order valence-electron chi connectivity index (χ0n) is 17.1. The zero-order valence-corrected chi connectivity index (χ0v) is 17.1. The van der Waals surface area contributed by atoms with E-state index in [2.05, 4.69) is 16.8 Å². The molecule has 8 nitrogen and oxygen atoms in total. The Morgan fingerprint density at radius 2 is 1.90 bits per heavy atom. The van der Waals surface area contributed by atoms with Crippen molar-refractivity contribution < 1.29 is 4.79 Å². The van der Waals surface area contributed by atoms with Crippen LogP contribution in [0.5, 0.6) is 0 Å². The van der Waals surface area contributed by atoms with Crippen molar-refractivity contribution in [1.29, 1.82) is 0 Å². The monoisotopic (exact) mass is 397 g/mol. The van der Waals surface area contributed by atoms with Crippen molar-refractivity contribution >= 4 is 29.2 Å². The summed E-state index contributed by atoms with van der Waals surface area (Å²) in [7, 11) is 0. The van der Waals surface area contributed by atoms with Crippen molar-refractivity contribution in [3.63, 3.8) is 0 Å². The van der Waals surface area contributed by atoms with Crippen molar-refractivity contribution in [2.75, 3.05) is 22.9 Å². The van der Waals surface area contributed by atoms with Gasteiger partial charge in [-0.2, -0.15) is 4.99 Å². The molecular formula is C21H31N7O. The molecule has 0 radical (unpaired) electrons. The number of hydrogen-bond donors (Lipinski definition) is 3. The Balaban J connectivity index is 1.85. The van der Waals surface area contributed by atoms with Crippen LogP contribution < -0.4 is 27.0 Å². The number of guanidine groups is 2. The minimum Gasteiger partial charge on any atom is -0.370 e. The minimum absolute atomic E-state index is 0.222. The molecule has 2 aliphatic heterocycles. The van der Waals surface area contributed by atoms with E-state index in [0.717, 1.165) is 56.6 Å². The number of hydrogen-bond acceptors (Lipinski definition) is 7.